The van der Waals surface area contributed by atoms with Crippen LogP contribution in [0.2, 0.25) is 0 Å². The van der Waals surface area contributed by atoms with Gasteiger partial charge in [0.25, 0.3) is 0 Å². The van der Waals surface area contributed by atoms with Crippen LogP contribution >= 0.6 is 0 Å². The van der Waals surface area contributed by atoms with Crippen molar-refractivity contribution >= 4 is 5.69 Å². The molecule has 0 atom stereocenters. The molecule has 0 aliphatic carbocycles. The van der Waals surface area contributed by atoms with Gasteiger partial charge in [-0.05, 0) is 13.8 Å². The van der Waals surface area contributed by atoms with Crippen LogP contribution in [0, 0.1) is 21.4 Å². The molecule has 0 unspecified atom stereocenters. The molecule has 8 heteroatoms. The lowest BCUT2D eigenvalue weighted by atomic mass is 10.1. The summed E-state index contributed by atoms with van der Waals surface area (Å²) in [4.78, 5) is 10.3. The van der Waals surface area contributed by atoms with Gasteiger partial charge in [0.05, 0.1) is 24.2 Å². The van der Waals surface area contributed by atoms with Crippen LogP contribution in [0.4, 0.5) is 5.69 Å². The topological polar surface area (TPSA) is 103 Å². The average Bonchev–Trinajstić information content (AvgIpc) is 2.68. The van der Waals surface area contributed by atoms with Gasteiger partial charge in [-0.15, -0.1) is 5.10 Å². The molecule has 0 saturated carbocycles. The van der Waals surface area contributed by atoms with E-state index in [0.29, 0.717) is 13.2 Å². The van der Waals surface area contributed by atoms with E-state index in [1.807, 2.05) is 6.07 Å². The summed E-state index contributed by atoms with van der Waals surface area (Å²) in [7, 11) is 0. The van der Waals surface area contributed by atoms with E-state index in [9.17, 15) is 10.1 Å². The molecule has 1 aliphatic heterocycles. The number of ether oxygens (including phenoxy) is 2. The highest BCUT2D eigenvalue weighted by Crippen LogP contribution is 2.29. The number of nitrogens with zero attached hydrogens (tertiary/aromatic N) is 4. The highest BCUT2D eigenvalue weighted by Gasteiger charge is 2.31. The van der Waals surface area contributed by atoms with Crippen molar-refractivity contribution in [3.05, 3.63) is 16.3 Å². The third-order valence-electron chi connectivity index (χ3n) is 2.59. The Bertz CT molecular complexity index is 512. The van der Waals surface area contributed by atoms with Crippen LogP contribution in [-0.4, -0.2) is 34.0 Å². The van der Waals surface area contributed by atoms with Crippen LogP contribution in [0.3, 0.4) is 0 Å². The fourth-order valence-corrected chi connectivity index (χ4v) is 1.34. The first-order valence-corrected chi connectivity index (χ1v) is 5.34. The highest BCUT2D eigenvalue weighted by molar-refractivity contribution is 5.39. The van der Waals surface area contributed by atoms with E-state index in [4.69, 9.17) is 14.7 Å². The molecule has 1 saturated heterocycles. The van der Waals surface area contributed by atoms with Gasteiger partial charge in [0.1, 0.15) is 17.8 Å². The lowest BCUT2D eigenvalue weighted by Gasteiger charge is -2.25. The predicted octanol–water partition coefficient (Wildman–Crippen LogP) is 0.828. The van der Waals surface area contributed by atoms with E-state index >= 15 is 0 Å². The zero-order valence-electron chi connectivity index (χ0n) is 9.99. The standard InChI is InChI=1S/C10H12N4O4/c1-10(2,6-11)13-3-8(14(15)16)9(12-13)18-7-4-17-5-7/h3,7H,4-5H2,1-2H3. The number of hydrogen-bond acceptors (Lipinski definition) is 6. The Morgan fingerprint density at radius 3 is 2.83 bits per heavy atom. The summed E-state index contributed by atoms with van der Waals surface area (Å²) in [6.07, 6.45) is 0.996. The Morgan fingerprint density at radius 2 is 2.39 bits per heavy atom. The van der Waals surface area contributed by atoms with E-state index in [2.05, 4.69) is 5.10 Å². The van der Waals surface area contributed by atoms with Crippen LogP contribution in [0.25, 0.3) is 0 Å². The first-order chi connectivity index (χ1) is 8.44. The molecule has 0 radical (unpaired) electrons. The van der Waals surface area contributed by atoms with Crippen LogP contribution in [0.1, 0.15) is 13.8 Å². The molecule has 8 nitrogen and oxygen atoms in total. The lowest BCUT2D eigenvalue weighted by Crippen LogP contribution is -2.38. The van der Waals surface area contributed by atoms with Crippen LogP contribution in [0.5, 0.6) is 5.88 Å². The van der Waals surface area contributed by atoms with Crippen molar-refractivity contribution in [2.24, 2.45) is 0 Å². The van der Waals surface area contributed by atoms with Gasteiger partial charge in [-0.2, -0.15) is 5.26 Å². The average molecular weight is 252 g/mol. The third-order valence-corrected chi connectivity index (χ3v) is 2.59. The number of rotatable bonds is 4. The van der Waals surface area contributed by atoms with Gasteiger partial charge in [-0.25, -0.2) is 4.68 Å². The van der Waals surface area contributed by atoms with Crippen LogP contribution in [-0.2, 0) is 10.3 Å². The minimum Gasteiger partial charge on any atom is -0.464 e. The summed E-state index contributed by atoms with van der Waals surface area (Å²) in [6, 6.07) is 2.02. The minimum absolute atomic E-state index is 0.0726. The maximum absolute atomic E-state index is 10.9. The maximum atomic E-state index is 10.9. The van der Waals surface area contributed by atoms with Crippen molar-refractivity contribution in [1.82, 2.24) is 9.78 Å². The SMILES string of the molecule is CC(C)(C#N)n1cc([N+](=O)[O-])c(OC2COC2)n1. The van der Waals surface area contributed by atoms with Crippen molar-refractivity contribution in [1.29, 1.82) is 5.26 Å². The van der Waals surface area contributed by atoms with E-state index in [-0.39, 0.29) is 17.7 Å². The summed E-state index contributed by atoms with van der Waals surface area (Å²) in [6.45, 7) is 4.01. The Balaban J connectivity index is 2.32. The second-order valence-electron chi connectivity index (χ2n) is 4.47. The van der Waals surface area contributed by atoms with Gasteiger partial charge in [0, 0.05) is 0 Å². The zero-order valence-corrected chi connectivity index (χ0v) is 9.99. The van der Waals surface area contributed by atoms with Crippen molar-refractivity contribution in [3.8, 4) is 11.9 Å². The van der Waals surface area contributed by atoms with Gasteiger partial charge >= 0.3 is 11.6 Å². The maximum Gasteiger partial charge on any atom is 0.350 e. The first kappa shape index (κ1) is 12.3. The Kier molecular flexibility index (Phi) is 2.92. The minimum atomic E-state index is -0.970. The largest absolute Gasteiger partial charge is 0.464 e. The molecule has 1 aromatic rings. The molecule has 96 valence electrons. The van der Waals surface area contributed by atoms with Crippen LogP contribution < -0.4 is 4.74 Å². The monoisotopic (exact) mass is 252 g/mol. The zero-order chi connectivity index (χ0) is 13.3. The molecule has 0 bridgehead atoms. The molecule has 18 heavy (non-hydrogen) atoms. The molecular formula is C10H12N4O4. The fourth-order valence-electron chi connectivity index (χ4n) is 1.34. The second-order valence-corrected chi connectivity index (χ2v) is 4.47. The molecule has 0 spiro atoms. The number of nitro groups is 1. The first-order valence-electron chi connectivity index (χ1n) is 5.34. The van der Waals surface area contributed by atoms with E-state index in [1.54, 1.807) is 13.8 Å². The molecule has 0 amide bonds. The van der Waals surface area contributed by atoms with Gasteiger partial charge in [0.2, 0.25) is 0 Å². The quantitative estimate of drug-likeness (QED) is 0.580. The van der Waals surface area contributed by atoms with Gasteiger partial charge in [0.15, 0.2) is 0 Å². The van der Waals surface area contributed by atoms with Gasteiger partial charge in [-0.1, -0.05) is 0 Å². The Labute approximate surface area is 103 Å². The van der Waals surface area contributed by atoms with E-state index in [1.165, 1.54) is 10.9 Å². The highest BCUT2D eigenvalue weighted by atomic mass is 16.6. The summed E-state index contributed by atoms with van der Waals surface area (Å²) < 4.78 is 11.5. The lowest BCUT2D eigenvalue weighted by molar-refractivity contribution is -0.386. The summed E-state index contributed by atoms with van der Waals surface area (Å²) in [5.74, 6) is -0.0726. The van der Waals surface area contributed by atoms with Crippen molar-refractivity contribution < 1.29 is 14.4 Å². The molecule has 0 aromatic carbocycles. The van der Waals surface area contributed by atoms with Crippen molar-refractivity contribution in [2.45, 2.75) is 25.5 Å². The van der Waals surface area contributed by atoms with Crippen LogP contribution in [0.15, 0.2) is 6.20 Å². The summed E-state index contributed by atoms with van der Waals surface area (Å²) >= 11 is 0. The molecule has 0 N–H and O–H groups in total. The smallest absolute Gasteiger partial charge is 0.350 e. The molecule has 2 heterocycles. The van der Waals surface area contributed by atoms with E-state index in [0.717, 1.165) is 0 Å². The second kappa shape index (κ2) is 4.27. The van der Waals surface area contributed by atoms with E-state index < -0.39 is 10.5 Å². The number of nitriles is 1. The molecule has 1 aliphatic rings. The van der Waals surface area contributed by atoms with Gasteiger partial charge in [-0.3, -0.25) is 10.1 Å². The molecule has 1 aromatic heterocycles. The Morgan fingerprint density at radius 1 is 1.72 bits per heavy atom. The number of aromatic nitrogens is 2. The predicted molar refractivity (Wildman–Crippen MR) is 59.1 cm³/mol. The summed E-state index contributed by atoms with van der Waals surface area (Å²) in [5, 5.41) is 23.9. The normalized spacial score (nSPS) is 15.8. The fraction of sp³-hybridized carbons (Fsp3) is 0.600. The molecule has 2 rings (SSSR count). The van der Waals surface area contributed by atoms with Gasteiger partial charge < -0.3 is 9.47 Å². The van der Waals surface area contributed by atoms with Crippen molar-refractivity contribution in [3.63, 3.8) is 0 Å². The summed E-state index contributed by atoms with van der Waals surface area (Å²) in [5.41, 5.74) is -1.21. The Hall–Kier alpha value is -2.14. The molecule has 1 fully saturated rings. The number of hydrogen-bond donors (Lipinski definition) is 0. The molecular weight excluding hydrogens is 240 g/mol. The van der Waals surface area contributed by atoms with Crippen molar-refractivity contribution in [2.75, 3.05) is 13.2 Å². The third kappa shape index (κ3) is 2.12.